The summed E-state index contributed by atoms with van der Waals surface area (Å²) in [5.74, 6) is -3.32. The van der Waals surface area contributed by atoms with Gasteiger partial charge in [0, 0.05) is 6.42 Å². The predicted molar refractivity (Wildman–Crippen MR) is 52.5 cm³/mol. The number of carbonyl (C=O) groups excluding carboxylic acids is 1. The summed E-state index contributed by atoms with van der Waals surface area (Å²) in [7, 11) is 0. The van der Waals surface area contributed by atoms with E-state index in [0.29, 0.717) is 19.3 Å². The second kappa shape index (κ2) is 6.56. The van der Waals surface area contributed by atoms with Gasteiger partial charge in [-0.25, -0.2) is 4.79 Å². The first kappa shape index (κ1) is 13.1. The highest BCUT2D eigenvalue weighted by atomic mass is 16.6. The van der Waals surface area contributed by atoms with Crippen molar-refractivity contribution < 1.29 is 19.7 Å². The Morgan fingerprint density at radius 1 is 1.57 bits per heavy atom. The fourth-order valence-electron chi connectivity index (χ4n) is 0.905. The number of rotatable bonds is 7. The molecule has 0 heterocycles. The smallest absolute Gasteiger partial charge is 0.366 e. The molecule has 0 saturated carbocycles. The number of aliphatic hydroxyl groups is 2. The summed E-state index contributed by atoms with van der Waals surface area (Å²) in [6.45, 7) is 5.54. The highest BCUT2D eigenvalue weighted by molar-refractivity contribution is 5.77. The Balaban J connectivity index is 3.89. The molecule has 4 heteroatoms. The fourth-order valence-corrected chi connectivity index (χ4v) is 0.905. The van der Waals surface area contributed by atoms with Crippen molar-refractivity contribution in [3.63, 3.8) is 0 Å². The lowest BCUT2D eigenvalue weighted by molar-refractivity contribution is -0.211. The zero-order chi connectivity index (χ0) is 11.0. The van der Waals surface area contributed by atoms with Crippen LogP contribution in [0.4, 0.5) is 0 Å². The van der Waals surface area contributed by atoms with Crippen molar-refractivity contribution in [2.24, 2.45) is 0 Å². The molecule has 0 aromatic heterocycles. The molecule has 0 atom stereocenters. The van der Waals surface area contributed by atoms with Crippen LogP contribution in [0, 0.1) is 0 Å². The van der Waals surface area contributed by atoms with Crippen molar-refractivity contribution in [2.75, 3.05) is 6.61 Å². The minimum Gasteiger partial charge on any atom is -0.462 e. The van der Waals surface area contributed by atoms with Gasteiger partial charge >= 0.3 is 5.97 Å². The molecule has 0 bridgehead atoms. The lowest BCUT2D eigenvalue weighted by Gasteiger charge is -2.19. The van der Waals surface area contributed by atoms with Gasteiger partial charge in [0.05, 0.1) is 6.61 Å². The van der Waals surface area contributed by atoms with Crippen LogP contribution in [0.5, 0.6) is 0 Å². The molecule has 0 aliphatic rings. The third kappa shape index (κ3) is 4.99. The van der Waals surface area contributed by atoms with E-state index in [2.05, 4.69) is 11.3 Å². The van der Waals surface area contributed by atoms with Gasteiger partial charge in [0.2, 0.25) is 0 Å². The molecule has 0 amide bonds. The van der Waals surface area contributed by atoms with Crippen molar-refractivity contribution in [1.82, 2.24) is 0 Å². The van der Waals surface area contributed by atoms with Crippen molar-refractivity contribution >= 4 is 5.97 Å². The normalized spacial score (nSPS) is 11.1. The monoisotopic (exact) mass is 202 g/mol. The molecule has 0 aromatic rings. The largest absolute Gasteiger partial charge is 0.462 e. The molecule has 0 unspecified atom stereocenters. The van der Waals surface area contributed by atoms with Crippen molar-refractivity contribution in [2.45, 2.75) is 38.4 Å². The van der Waals surface area contributed by atoms with Gasteiger partial charge in [-0.15, -0.1) is 6.58 Å². The van der Waals surface area contributed by atoms with E-state index in [1.165, 1.54) is 0 Å². The zero-order valence-electron chi connectivity index (χ0n) is 8.53. The van der Waals surface area contributed by atoms with Crippen LogP contribution >= 0.6 is 0 Å². The van der Waals surface area contributed by atoms with Gasteiger partial charge in [-0.2, -0.15) is 0 Å². The third-order valence-electron chi connectivity index (χ3n) is 1.70. The molecule has 0 fully saturated rings. The SMILES string of the molecule is C=CCCCC(O)(O)C(=O)OCCC. The lowest BCUT2D eigenvalue weighted by atomic mass is 10.1. The molecule has 4 nitrogen and oxygen atoms in total. The van der Waals surface area contributed by atoms with Crippen molar-refractivity contribution in [1.29, 1.82) is 0 Å². The number of hydrogen-bond donors (Lipinski definition) is 2. The van der Waals surface area contributed by atoms with Crippen LogP contribution in [0.3, 0.4) is 0 Å². The number of hydrogen-bond acceptors (Lipinski definition) is 4. The first-order valence-corrected chi connectivity index (χ1v) is 4.77. The molecule has 0 saturated heterocycles. The average Bonchev–Trinajstić information content (AvgIpc) is 2.14. The van der Waals surface area contributed by atoms with Crippen LogP contribution in [0.15, 0.2) is 12.7 Å². The second-order valence-corrected chi connectivity index (χ2v) is 3.13. The highest BCUT2D eigenvalue weighted by Gasteiger charge is 2.33. The fraction of sp³-hybridized carbons (Fsp3) is 0.700. The molecular formula is C10H18O4. The zero-order valence-corrected chi connectivity index (χ0v) is 8.53. The summed E-state index contributed by atoms with van der Waals surface area (Å²) >= 11 is 0. The van der Waals surface area contributed by atoms with Gasteiger partial charge in [-0.05, 0) is 19.3 Å². The highest BCUT2D eigenvalue weighted by Crippen LogP contribution is 2.13. The van der Waals surface area contributed by atoms with E-state index < -0.39 is 11.8 Å². The van der Waals surface area contributed by atoms with Crippen molar-refractivity contribution in [3.05, 3.63) is 12.7 Å². The average molecular weight is 202 g/mol. The minimum absolute atomic E-state index is 0.0262. The number of esters is 1. The predicted octanol–water partition coefficient (Wildman–Crippen LogP) is 0.977. The summed E-state index contributed by atoms with van der Waals surface area (Å²) in [6.07, 6.45) is 3.44. The summed E-state index contributed by atoms with van der Waals surface area (Å²) in [4.78, 5) is 11.1. The van der Waals surface area contributed by atoms with E-state index in [0.717, 1.165) is 0 Å². The molecule has 0 aliphatic heterocycles. The van der Waals surface area contributed by atoms with Crippen LogP contribution in [0.2, 0.25) is 0 Å². The van der Waals surface area contributed by atoms with Crippen LogP contribution in [-0.2, 0) is 9.53 Å². The summed E-state index contributed by atoms with van der Waals surface area (Å²) in [5.41, 5.74) is 0. The Hall–Kier alpha value is -0.870. The number of ether oxygens (including phenoxy) is 1. The molecule has 0 rings (SSSR count). The van der Waals surface area contributed by atoms with Gasteiger partial charge in [-0.3, -0.25) is 0 Å². The second-order valence-electron chi connectivity index (χ2n) is 3.13. The Kier molecular flexibility index (Phi) is 6.16. The van der Waals surface area contributed by atoms with E-state index in [1.807, 2.05) is 6.92 Å². The standard InChI is InChI=1S/C10H18O4/c1-3-5-6-7-10(12,13)9(11)14-8-4-2/h3,12-13H,1,4-8H2,2H3. The van der Waals surface area contributed by atoms with E-state index in [4.69, 9.17) is 0 Å². The summed E-state index contributed by atoms with van der Waals surface area (Å²) < 4.78 is 4.62. The summed E-state index contributed by atoms with van der Waals surface area (Å²) in [6, 6.07) is 0. The molecular weight excluding hydrogens is 184 g/mol. The Labute approximate surface area is 84.2 Å². The third-order valence-corrected chi connectivity index (χ3v) is 1.70. The van der Waals surface area contributed by atoms with E-state index in [1.54, 1.807) is 6.08 Å². The van der Waals surface area contributed by atoms with Gasteiger partial charge in [0.15, 0.2) is 0 Å². The summed E-state index contributed by atoms with van der Waals surface area (Å²) in [5, 5.41) is 18.6. The number of unbranched alkanes of at least 4 members (excludes halogenated alkanes) is 1. The maximum atomic E-state index is 11.1. The lowest BCUT2D eigenvalue weighted by Crippen LogP contribution is -2.39. The van der Waals surface area contributed by atoms with Crippen LogP contribution in [0.1, 0.15) is 32.6 Å². The Morgan fingerprint density at radius 2 is 2.21 bits per heavy atom. The molecule has 82 valence electrons. The topological polar surface area (TPSA) is 66.8 Å². The van der Waals surface area contributed by atoms with Crippen LogP contribution < -0.4 is 0 Å². The maximum absolute atomic E-state index is 11.1. The van der Waals surface area contributed by atoms with E-state index in [-0.39, 0.29) is 13.0 Å². The molecule has 2 N–H and O–H groups in total. The molecule has 0 aromatic carbocycles. The van der Waals surface area contributed by atoms with Gasteiger partial charge in [0.25, 0.3) is 5.79 Å². The van der Waals surface area contributed by atoms with E-state index in [9.17, 15) is 15.0 Å². The number of allylic oxidation sites excluding steroid dienone is 1. The Morgan fingerprint density at radius 3 is 2.71 bits per heavy atom. The van der Waals surface area contributed by atoms with Gasteiger partial charge < -0.3 is 14.9 Å². The maximum Gasteiger partial charge on any atom is 0.366 e. The van der Waals surface area contributed by atoms with E-state index >= 15 is 0 Å². The minimum atomic E-state index is -2.35. The first-order chi connectivity index (χ1) is 6.54. The first-order valence-electron chi connectivity index (χ1n) is 4.77. The van der Waals surface area contributed by atoms with Crippen molar-refractivity contribution in [3.8, 4) is 0 Å². The molecule has 14 heavy (non-hydrogen) atoms. The number of carbonyl (C=O) groups is 1. The molecule has 0 spiro atoms. The Bertz CT molecular complexity index is 187. The van der Waals surface area contributed by atoms with Gasteiger partial charge in [-0.1, -0.05) is 13.0 Å². The molecule has 0 aliphatic carbocycles. The van der Waals surface area contributed by atoms with Gasteiger partial charge in [0.1, 0.15) is 0 Å². The van der Waals surface area contributed by atoms with Crippen LogP contribution in [-0.4, -0.2) is 28.6 Å². The quantitative estimate of drug-likeness (QED) is 0.279. The molecule has 0 radical (unpaired) electrons. The van der Waals surface area contributed by atoms with Crippen LogP contribution in [0.25, 0.3) is 0 Å².